The second-order valence-corrected chi connectivity index (χ2v) is 6.98. The van der Waals surface area contributed by atoms with Crippen molar-refractivity contribution in [1.82, 2.24) is 10.2 Å². The molecular formula is C20H14Cl2N2O. The van der Waals surface area contributed by atoms with Gasteiger partial charge in [0.15, 0.2) is 5.78 Å². The quantitative estimate of drug-likeness (QED) is 0.611. The minimum absolute atomic E-state index is 0.0310. The molecule has 0 saturated heterocycles. The molecule has 0 fully saturated rings. The van der Waals surface area contributed by atoms with Crippen LogP contribution in [0, 0.1) is 0 Å². The van der Waals surface area contributed by atoms with E-state index < -0.39 is 0 Å². The Morgan fingerprint density at radius 2 is 1.72 bits per heavy atom. The monoisotopic (exact) mass is 368 g/mol. The minimum Gasteiger partial charge on any atom is -0.294 e. The van der Waals surface area contributed by atoms with E-state index in [4.69, 9.17) is 23.2 Å². The maximum atomic E-state index is 12.9. The smallest absolute Gasteiger partial charge is 0.166 e. The first-order chi connectivity index (χ1) is 12.1. The largest absolute Gasteiger partial charge is 0.294 e. The summed E-state index contributed by atoms with van der Waals surface area (Å²) < 4.78 is 0. The Morgan fingerprint density at radius 3 is 2.48 bits per heavy atom. The molecule has 25 heavy (non-hydrogen) atoms. The topological polar surface area (TPSA) is 42.9 Å². The van der Waals surface area contributed by atoms with Gasteiger partial charge >= 0.3 is 0 Å². The molecule has 0 saturated carbocycles. The van der Waals surface area contributed by atoms with Crippen molar-refractivity contribution in [3.8, 4) is 11.1 Å². The molecule has 124 valence electrons. The van der Waals surface area contributed by atoms with Gasteiger partial charge in [0, 0.05) is 22.0 Å². The molecule has 3 aromatic rings. The van der Waals surface area contributed by atoms with Gasteiger partial charge in [-0.1, -0.05) is 53.5 Å². The van der Waals surface area contributed by atoms with Crippen LogP contribution in [0.4, 0.5) is 0 Å². The fourth-order valence-electron chi connectivity index (χ4n) is 3.39. The van der Waals surface area contributed by atoms with Crippen LogP contribution in [0.1, 0.15) is 34.0 Å². The lowest BCUT2D eigenvalue weighted by Crippen LogP contribution is -2.21. The normalized spacial score (nSPS) is 16.6. The summed E-state index contributed by atoms with van der Waals surface area (Å²) in [5.41, 5.74) is 4.11. The van der Waals surface area contributed by atoms with Crippen molar-refractivity contribution < 1.29 is 4.79 Å². The third-order valence-electron chi connectivity index (χ3n) is 4.57. The summed E-state index contributed by atoms with van der Waals surface area (Å²) in [6.07, 6.45) is 2.72. The average molecular weight is 369 g/mol. The van der Waals surface area contributed by atoms with Gasteiger partial charge in [-0.15, -0.1) is 0 Å². The fraction of sp³-hybridized carbons (Fsp3) is 0.150. The standard InChI is InChI=1S/C20H14Cl2N2O/c21-14-7-5-12(6-8-14)16-11-23-24-18-9-13(10-19(25)20(16)18)15-3-1-2-4-17(15)22/h1-8,11,13H,9-10H2. The molecule has 5 heteroatoms. The van der Waals surface area contributed by atoms with E-state index in [1.54, 1.807) is 6.20 Å². The second kappa shape index (κ2) is 6.58. The molecule has 0 N–H and O–H groups in total. The predicted molar refractivity (Wildman–Crippen MR) is 99.3 cm³/mol. The molecular weight excluding hydrogens is 355 g/mol. The Hall–Kier alpha value is -2.23. The molecule has 4 rings (SSSR count). The predicted octanol–water partition coefficient (Wildman–Crippen LogP) is 5.36. The van der Waals surface area contributed by atoms with E-state index in [0.29, 0.717) is 28.5 Å². The van der Waals surface area contributed by atoms with Crippen molar-refractivity contribution in [2.75, 3.05) is 0 Å². The van der Waals surface area contributed by atoms with Gasteiger partial charge < -0.3 is 0 Å². The third-order valence-corrected chi connectivity index (χ3v) is 5.17. The number of ketones is 1. The van der Waals surface area contributed by atoms with E-state index in [-0.39, 0.29) is 11.7 Å². The molecule has 0 bridgehead atoms. The number of nitrogens with zero attached hydrogens (tertiary/aromatic N) is 2. The number of halogens is 2. The zero-order valence-electron chi connectivity index (χ0n) is 13.2. The van der Waals surface area contributed by atoms with E-state index in [0.717, 1.165) is 22.4 Å². The van der Waals surface area contributed by atoms with Crippen LogP contribution < -0.4 is 0 Å². The molecule has 1 aromatic heterocycles. The van der Waals surface area contributed by atoms with Crippen molar-refractivity contribution in [3.63, 3.8) is 0 Å². The van der Waals surface area contributed by atoms with Gasteiger partial charge in [0.05, 0.1) is 17.5 Å². The third kappa shape index (κ3) is 3.06. The van der Waals surface area contributed by atoms with Gasteiger partial charge in [0.1, 0.15) is 0 Å². The van der Waals surface area contributed by atoms with E-state index in [9.17, 15) is 4.79 Å². The number of rotatable bonds is 2. The van der Waals surface area contributed by atoms with Crippen LogP contribution in [0.25, 0.3) is 11.1 Å². The first-order valence-corrected chi connectivity index (χ1v) is 8.77. The number of aromatic nitrogens is 2. The first-order valence-electron chi connectivity index (χ1n) is 8.01. The van der Waals surface area contributed by atoms with E-state index >= 15 is 0 Å². The summed E-state index contributed by atoms with van der Waals surface area (Å²) in [6, 6.07) is 15.1. The Labute approximate surface area is 155 Å². The lowest BCUT2D eigenvalue weighted by Gasteiger charge is -2.25. The number of carbonyl (C=O) groups excluding carboxylic acids is 1. The van der Waals surface area contributed by atoms with Crippen molar-refractivity contribution >= 4 is 29.0 Å². The summed E-state index contributed by atoms with van der Waals surface area (Å²) in [5.74, 6) is 0.106. The van der Waals surface area contributed by atoms with Crippen LogP contribution in [0.5, 0.6) is 0 Å². The van der Waals surface area contributed by atoms with Gasteiger partial charge in [0.2, 0.25) is 0 Å². The highest BCUT2D eigenvalue weighted by Crippen LogP contribution is 2.38. The molecule has 3 nitrogen and oxygen atoms in total. The zero-order chi connectivity index (χ0) is 17.4. The highest BCUT2D eigenvalue weighted by atomic mass is 35.5. The Morgan fingerprint density at radius 1 is 0.960 bits per heavy atom. The summed E-state index contributed by atoms with van der Waals surface area (Å²) in [6.45, 7) is 0. The number of hydrogen-bond donors (Lipinski definition) is 0. The maximum absolute atomic E-state index is 12.9. The molecule has 1 aliphatic carbocycles. The fourth-order valence-corrected chi connectivity index (χ4v) is 3.80. The lowest BCUT2D eigenvalue weighted by atomic mass is 9.80. The first kappa shape index (κ1) is 16.2. The zero-order valence-corrected chi connectivity index (χ0v) is 14.8. The number of fused-ring (bicyclic) bond motifs is 1. The molecule has 1 unspecified atom stereocenters. The molecule has 0 spiro atoms. The Balaban J connectivity index is 1.77. The van der Waals surface area contributed by atoms with Gasteiger partial charge in [-0.05, 0) is 41.7 Å². The van der Waals surface area contributed by atoms with Gasteiger partial charge in [-0.3, -0.25) is 4.79 Å². The molecule has 1 heterocycles. The molecule has 0 aliphatic heterocycles. The summed E-state index contributed by atoms with van der Waals surface area (Å²) in [7, 11) is 0. The van der Waals surface area contributed by atoms with Crippen LogP contribution in [-0.2, 0) is 6.42 Å². The molecule has 0 amide bonds. The number of benzene rings is 2. The Kier molecular flexibility index (Phi) is 4.28. The number of Topliss-reactive ketones (excluding diaryl/α,β-unsaturated/α-hetero) is 1. The van der Waals surface area contributed by atoms with Crippen LogP contribution in [0.2, 0.25) is 10.0 Å². The Bertz CT molecular complexity index is 954. The number of carbonyl (C=O) groups is 1. The minimum atomic E-state index is 0.0310. The molecule has 1 atom stereocenters. The highest BCUT2D eigenvalue weighted by Gasteiger charge is 2.31. The van der Waals surface area contributed by atoms with Gasteiger partial charge in [0.25, 0.3) is 0 Å². The summed E-state index contributed by atoms with van der Waals surface area (Å²) in [4.78, 5) is 12.9. The summed E-state index contributed by atoms with van der Waals surface area (Å²) in [5, 5.41) is 9.70. The van der Waals surface area contributed by atoms with Gasteiger partial charge in [-0.25, -0.2) is 0 Å². The van der Waals surface area contributed by atoms with Crippen LogP contribution in [-0.4, -0.2) is 16.0 Å². The van der Waals surface area contributed by atoms with Crippen molar-refractivity contribution in [2.24, 2.45) is 0 Å². The summed E-state index contributed by atoms with van der Waals surface area (Å²) >= 11 is 12.3. The SMILES string of the molecule is O=C1CC(c2ccccc2Cl)Cc2nncc(-c3ccc(Cl)cc3)c21. The molecule has 0 radical (unpaired) electrons. The average Bonchev–Trinajstić information content (AvgIpc) is 2.62. The van der Waals surface area contributed by atoms with Crippen LogP contribution in [0.3, 0.4) is 0 Å². The maximum Gasteiger partial charge on any atom is 0.166 e. The van der Waals surface area contributed by atoms with Crippen LogP contribution in [0.15, 0.2) is 54.7 Å². The van der Waals surface area contributed by atoms with E-state index in [2.05, 4.69) is 10.2 Å². The van der Waals surface area contributed by atoms with Gasteiger partial charge in [-0.2, -0.15) is 10.2 Å². The molecule has 2 aromatic carbocycles. The lowest BCUT2D eigenvalue weighted by molar-refractivity contribution is 0.0963. The second-order valence-electron chi connectivity index (χ2n) is 6.14. The van der Waals surface area contributed by atoms with Crippen molar-refractivity contribution in [2.45, 2.75) is 18.8 Å². The van der Waals surface area contributed by atoms with Crippen molar-refractivity contribution in [1.29, 1.82) is 0 Å². The van der Waals surface area contributed by atoms with Crippen molar-refractivity contribution in [3.05, 3.63) is 81.6 Å². The highest BCUT2D eigenvalue weighted by molar-refractivity contribution is 6.31. The number of hydrogen-bond acceptors (Lipinski definition) is 3. The molecule has 1 aliphatic rings. The van der Waals surface area contributed by atoms with E-state index in [1.165, 1.54) is 0 Å². The van der Waals surface area contributed by atoms with E-state index in [1.807, 2.05) is 48.5 Å². The van der Waals surface area contributed by atoms with Crippen LogP contribution >= 0.6 is 23.2 Å².